The molecule has 17 heavy (non-hydrogen) atoms. The van der Waals surface area contributed by atoms with Gasteiger partial charge in [-0.2, -0.15) is 0 Å². The van der Waals surface area contributed by atoms with Crippen LogP contribution in [-0.2, 0) is 5.60 Å². The van der Waals surface area contributed by atoms with Crippen LogP contribution in [0.25, 0.3) is 0 Å². The zero-order valence-corrected chi connectivity index (χ0v) is 11.2. The molecule has 0 amide bonds. The van der Waals surface area contributed by atoms with Crippen LogP contribution in [0.3, 0.4) is 0 Å². The van der Waals surface area contributed by atoms with Crippen molar-refractivity contribution < 1.29 is 9.84 Å². The molecule has 1 aromatic rings. The number of hydrogen-bond donors (Lipinski definition) is 2. The topological polar surface area (TPSA) is 41.5 Å². The third-order valence-corrected chi connectivity index (χ3v) is 3.02. The van der Waals surface area contributed by atoms with Crippen LogP contribution in [0.1, 0.15) is 32.8 Å². The van der Waals surface area contributed by atoms with Crippen molar-refractivity contribution in [2.24, 2.45) is 0 Å². The van der Waals surface area contributed by atoms with Gasteiger partial charge in [0.2, 0.25) is 0 Å². The summed E-state index contributed by atoms with van der Waals surface area (Å²) in [6.45, 7) is 6.70. The molecule has 0 aromatic heterocycles. The third-order valence-electron chi connectivity index (χ3n) is 3.02. The maximum atomic E-state index is 10.6. The number of benzene rings is 1. The van der Waals surface area contributed by atoms with E-state index in [0.29, 0.717) is 19.0 Å². The van der Waals surface area contributed by atoms with Gasteiger partial charge in [0.15, 0.2) is 0 Å². The summed E-state index contributed by atoms with van der Waals surface area (Å²) in [5.41, 5.74) is 0.116. The number of ether oxygens (including phenoxy) is 1. The van der Waals surface area contributed by atoms with Gasteiger partial charge in [-0.25, -0.2) is 0 Å². The molecule has 96 valence electrons. The van der Waals surface area contributed by atoms with E-state index in [0.717, 1.165) is 11.3 Å². The first-order valence-corrected chi connectivity index (χ1v) is 6.12. The summed E-state index contributed by atoms with van der Waals surface area (Å²) in [6.07, 6.45) is 0.680. The van der Waals surface area contributed by atoms with E-state index in [2.05, 4.69) is 19.2 Å². The highest BCUT2D eigenvalue weighted by molar-refractivity contribution is 5.31. The summed E-state index contributed by atoms with van der Waals surface area (Å²) in [7, 11) is 1.64. The van der Waals surface area contributed by atoms with Gasteiger partial charge in [-0.15, -0.1) is 0 Å². The Kier molecular flexibility index (Phi) is 4.97. The number of nitrogens with one attached hydrogen (secondary N) is 1. The fourth-order valence-corrected chi connectivity index (χ4v) is 1.71. The maximum Gasteiger partial charge on any atom is 0.118 e. The second-order valence-electron chi connectivity index (χ2n) is 4.65. The first-order chi connectivity index (χ1) is 8.01. The lowest BCUT2D eigenvalue weighted by Gasteiger charge is -2.29. The van der Waals surface area contributed by atoms with Gasteiger partial charge >= 0.3 is 0 Å². The molecule has 0 radical (unpaired) electrons. The molecule has 3 nitrogen and oxygen atoms in total. The predicted molar refractivity (Wildman–Crippen MR) is 70.3 cm³/mol. The lowest BCUT2D eigenvalue weighted by atomic mass is 9.91. The van der Waals surface area contributed by atoms with Gasteiger partial charge in [-0.1, -0.05) is 32.9 Å². The zero-order chi connectivity index (χ0) is 12.9. The highest BCUT2D eigenvalue weighted by Gasteiger charge is 2.26. The van der Waals surface area contributed by atoms with E-state index in [1.807, 2.05) is 31.2 Å². The van der Waals surface area contributed by atoms with E-state index in [1.54, 1.807) is 7.11 Å². The molecular formula is C14H23NO2. The molecule has 3 heteroatoms. The van der Waals surface area contributed by atoms with Crippen LogP contribution in [0.4, 0.5) is 0 Å². The molecule has 1 atom stereocenters. The van der Waals surface area contributed by atoms with Crippen molar-refractivity contribution in [3.63, 3.8) is 0 Å². The molecule has 0 heterocycles. The first kappa shape index (κ1) is 14.0. The molecule has 0 saturated carbocycles. The Labute approximate surface area is 104 Å². The van der Waals surface area contributed by atoms with Gasteiger partial charge in [0.05, 0.1) is 7.11 Å². The fourth-order valence-electron chi connectivity index (χ4n) is 1.71. The molecule has 1 unspecified atom stereocenters. The molecular weight excluding hydrogens is 214 g/mol. The zero-order valence-electron chi connectivity index (χ0n) is 11.2. The molecule has 0 bridgehead atoms. The van der Waals surface area contributed by atoms with Gasteiger partial charge < -0.3 is 15.2 Å². The van der Waals surface area contributed by atoms with Crippen LogP contribution in [0, 0.1) is 0 Å². The summed E-state index contributed by atoms with van der Waals surface area (Å²) in [4.78, 5) is 0. The summed E-state index contributed by atoms with van der Waals surface area (Å²) >= 11 is 0. The van der Waals surface area contributed by atoms with Crippen LogP contribution in [-0.4, -0.2) is 24.8 Å². The number of methoxy groups -OCH3 is 1. The number of rotatable bonds is 6. The summed E-state index contributed by atoms with van der Waals surface area (Å²) in [5.74, 6) is 0.809. The number of hydrogen-bond acceptors (Lipinski definition) is 3. The molecule has 0 fully saturated rings. The quantitative estimate of drug-likeness (QED) is 0.797. The molecule has 2 N–H and O–H groups in total. The van der Waals surface area contributed by atoms with Gasteiger partial charge in [0.25, 0.3) is 0 Å². The van der Waals surface area contributed by atoms with Crippen LogP contribution in [0.2, 0.25) is 0 Å². The molecule has 0 saturated heterocycles. The van der Waals surface area contributed by atoms with Crippen LogP contribution in [0.5, 0.6) is 5.75 Å². The summed E-state index contributed by atoms with van der Waals surface area (Å²) in [6, 6.07) is 7.97. The minimum Gasteiger partial charge on any atom is -0.497 e. The average Bonchev–Trinajstić information content (AvgIpc) is 2.36. The molecule has 0 aliphatic heterocycles. The summed E-state index contributed by atoms with van der Waals surface area (Å²) < 4.78 is 5.12. The smallest absolute Gasteiger partial charge is 0.118 e. The second kappa shape index (κ2) is 6.03. The second-order valence-corrected chi connectivity index (χ2v) is 4.65. The van der Waals surface area contributed by atoms with Gasteiger partial charge in [-0.3, -0.25) is 0 Å². The van der Waals surface area contributed by atoms with E-state index in [9.17, 15) is 5.11 Å². The first-order valence-electron chi connectivity index (χ1n) is 6.12. The van der Waals surface area contributed by atoms with Crippen molar-refractivity contribution in [3.8, 4) is 5.75 Å². The van der Waals surface area contributed by atoms with E-state index in [-0.39, 0.29) is 0 Å². The lowest BCUT2D eigenvalue weighted by Crippen LogP contribution is -2.40. The van der Waals surface area contributed by atoms with Crippen molar-refractivity contribution in [1.82, 2.24) is 5.32 Å². The van der Waals surface area contributed by atoms with E-state index < -0.39 is 5.60 Å². The van der Waals surface area contributed by atoms with Crippen LogP contribution in [0.15, 0.2) is 24.3 Å². The van der Waals surface area contributed by atoms with Gasteiger partial charge in [0, 0.05) is 12.6 Å². The Morgan fingerprint density at radius 1 is 1.29 bits per heavy atom. The third kappa shape index (κ3) is 3.72. The Hall–Kier alpha value is -1.06. The van der Waals surface area contributed by atoms with Crippen molar-refractivity contribution in [3.05, 3.63) is 29.8 Å². The standard InChI is InChI=1S/C14H23NO2/c1-5-14(16,10-15-11(2)3)12-6-8-13(17-4)9-7-12/h6-9,11,15-16H,5,10H2,1-4H3. The highest BCUT2D eigenvalue weighted by Crippen LogP contribution is 2.26. The Morgan fingerprint density at radius 3 is 2.29 bits per heavy atom. The minimum absolute atomic E-state index is 0.367. The maximum absolute atomic E-state index is 10.6. The van der Waals surface area contributed by atoms with Crippen molar-refractivity contribution in [1.29, 1.82) is 0 Å². The van der Waals surface area contributed by atoms with Crippen molar-refractivity contribution in [2.45, 2.75) is 38.8 Å². The molecule has 1 rings (SSSR count). The number of aliphatic hydroxyl groups is 1. The predicted octanol–water partition coefficient (Wildman–Crippen LogP) is 2.29. The Bertz CT molecular complexity index is 335. The molecule has 0 aliphatic rings. The Morgan fingerprint density at radius 2 is 1.88 bits per heavy atom. The van der Waals surface area contributed by atoms with Crippen molar-refractivity contribution >= 4 is 0 Å². The molecule has 0 aliphatic carbocycles. The van der Waals surface area contributed by atoms with Gasteiger partial charge in [0.1, 0.15) is 11.4 Å². The summed E-state index contributed by atoms with van der Waals surface area (Å²) in [5, 5.41) is 13.9. The minimum atomic E-state index is -0.809. The van der Waals surface area contributed by atoms with E-state index >= 15 is 0 Å². The largest absolute Gasteiger partial charge is 0.497 e. The van der Waals surface area contributed by atoms with Crippen molar-refractivity contribution in [2.75, 3.05) is 13.7 Å². The van der Waals surface area contributed by atoms with Gasteiger partial charge in [-0.05, 0) is 24.1 Å². The van der Waals surface area contributed by atoms with Crippen LogP contribution < -0.4 is 10.1 Å². The van der Waals surface area contributed by atoms with E-state index in [4.69, 9.17) is 4.74 Å². The van der Waals surface area contributed by atoms with E-state index in [1.165, 1.54) is 0 Å². The SMILES string of the molecule is CCC(O)(CNC(C)C)c1ccc(OC)cc1. The molecule has 0 spiro atoms. The highest BCUT2D eigenvalue weighted by atomic mass is 16.5. The lowest BCUT2D eigenvalue weighted by molar-refractivity contribution is 0.0308. The normalized spacial score (nSPS) is 14.7. The van der Waals surface area contributed by atoms with Crippen LogP contribution >= 0.6 is 0 Å². The monoisotopic (exact) mass is 237 g/mol. The fraction of sp³-hybridized carbons (Fsp3) is 0.571. The Balaban J connectivity index is 2.83. The average molecular weight is 237 g/mol. The molecule has 1 aromatic carbocycles.